The first-order chi connectivity index (χ1) is 11.8. The SMILES string of the molecule is CC1(C)CN(C(=O)c2occc2CS(=O)(=O)c2ccccc2)CCO1. The number of nitrogens with zero attached hydrogens (tertiary/aromatic N) is 1. The van der Waals surface area contributed by atoms with E-state index in [1.807, 2.05) is 13.8 Å². The highest BCUT2D eigenvalue weighted by atomic mass is 32.2. The number of hydrogen-bond acceptors (Lipinski definition) is 5. The molecule has 1 fully saturated rings. The van der Waals surface area contributed by atoms with E-state index in [1.165, 1.54) is 6.26 Å². The normalized spacial score (nSPS) is 17.4. The summed E-state index contributed by atoms with van der Waals surface area (Å²) in [5, 5.41) is 0. The molecule has 1 aromatic heterocycles. The molecule has 0 atom stereocenters. The van der Waals surface area contributed by atoms with Gasteiger partial charge in [-0.1, -0.05) is 18.2 Å². The second-order valence-electron chi connectivity index (χ2n) is 6.68. The Morgan fingerprint density at radius 1 is 1.20 bits per heavy atom. The summed E-state index contributed by atoms with van der Waals surface area (Å²) < 4.78 is 36.1. The van der Waals surface area contributed by atoms with Crippen molar-refractivity contribution in [3.05, 3.63) is 54.0 Å². The smallest absolute Gasteiger partial charge is 0.290 e. The van der Waals surface area contributed by atoms with Gasteiger partial charge in [0.2, 0.25) is 0 Å². The molecule has 7 heteroatoms. The lowest BCUT2D eigenvalue weighted by atomic mass is 10.1. The molecule has 2 heterocycles. The van der Waals surface area contributed by atoms with Crippen molar-refractivity contribution >= 4 is 15.7 Å². The minimum Gasteiger partial charge on any atom is -0.459 e. The van der Waals surface area contributed by atoms with Gasteiger partial charge >= 0.3 is 0 Å². The molecule has 0 bridgehead atoms. The van der Waals surface area contributed by atoms with Crippen LogP contribution in [0.5, 0.6) is 0 Å². The summed E-state index contributed by atoms with van der Waals surface area (Å²) >= 11 is 0. The zero-order valence-electron chi connectivity index (χ0n) is 14.3. The summed E-state index contributed by atoms with van der Waals surface area (Å²) in [6.45, 7) is 5.15. The maximum absolute atomic E-state index is 12.8. The molecule has 2 aromatic rings. The Balaban J connectivity index is 1.82. The lowest BCUT2D eigenvalue weighted by molar-refractivity contribution is -0.0769. The highest BCUT2D eigenvalue weighted by Gasteiger charge is 2.33. The molecule has 134 valence electrons. The van der Waals surface area contributed by atoms with Crippen molar-refractivity contribution in [2.45, 2.75) is 30.1 Å². The Labute approximate surface area is 147 Å². The van der Waals surface area contributed by atoms with Gasteiger partial charge in [-0.3, -0.25) is 4.79 Å². The van der Waals surface area contributed by atoms with E-state index in [1.54, 1.807) is 41.3 Å². The quantitative estimate of drug-likeness (QED) is 0.834. The van der Waals surface area contributed by atoms with Gasteiger partial charge in [-0.15, -0.1) is 0 Å². The summed E-state index contributed by atoms with van der Waals surface area (Å²) in [5.41, 5.74) is -0.0605. The second-order valence-corrected chi connectivity index (χ2v) is 8.67. The number of sulfone groups is 1. The minimum absolute atomic E-state index is 0.0807. The van der Waals surface area contributed by atoms with Crippen LogP contribution in [-0.2, 0) is 20.3 Å². The Kier molecular flexibility index (Phi) is 4.71. The molecule has 3 rings (SSSR count). The third kappa shape index (κ3) is 3.93. The molecule has 1 aliphatic heterocycles. The highest BCUT2D eigenvalue weighted by Crippen LogP contribution is 2.23. The molecule has 0 saturated carbocycles. The maximum Gasteiger partial charge on any atom is 0.290 e. The molecule has 0 spiro atoms. The molecule has 25 heavy (non-hydrogen) atoms. The number of hydrogen-bond donors (Lipinski definition) is 0. The van der Waals surface area contributed by atoms with Crippen LogP contribution in [0.25, 0.3) is 0 Å². The van der Waals surface area contributed by atoms with Crippen LogP contribution < -0.4 is 0 Å². The van der Waals surface area contributed by atoms with Crippen molar-refractivity contribution in [1.29, 1.82) is 0 Å². The summed E-state index contributed by atoms with van der Waals surface area (Å²) in [7, 11) is -3.55. The van der Waals surface area contributed by atoms with E-state index in [-0.39, 0.29) is 22.3 Å². The van der Waals surface area contributed by atoms with Crippen LogP contribution in [0.3, 0.4) is 0 Å². The number of benzene rings is 1. The summed E-state index contributed by atoms with van der Waals surface area (Å²) in [6.07, 6.45) is 1.36. The number of furan rings is 1. The Morgan fingerprint density at radius 3 is 2.60 bits per heavy atom. The highest BCUT2D eigenvalue weighted by molar-refractivity contribution is 7.90. The van der Waals surface area contributed by atoms with E-state index < -0.39 is 15.4 Å². The molecule has 1 amide bonds. The zero-order valence-corrected chi connectivity index (χ0v) is 15.1. The lowest BCUT2D eigenvalue weighted by Gasteiger charge is -2.37. The summed E-state index contributed by atoms with van der Waals surface area (Å²) in [4.78, 5) is 14.6. The molecule has 6 nitrogen and oxygen atoms in total. The van der Waals surface area contributed by atoms with E-state index in [0.29, 0.717) is 25.3 Å². The van der Waals surface area contributed by atoms with Gasteiger partial charge in [-0.05, 0) is 32.0 Å². The maximum atomic E-state index is 12.8. The Morgan fingerprint density at radius 2 is 1.92 bits per heavy atom. The minimum atomic E-state index is -3.55. The molecular weight excluding hydrogens is 342 g/mol. The largest absolute Gasteiger partial charge is 0.459 e. The average molecular weight is 363 g/mol. The fourth-order valence-electron chi connectivity index (χ4n) is 2.89. The van der Waals surface area contributed by atoms with Gasteiger partial charge in [-0.2, -0.15) is 0 Å². The second kappa shape index (κ2) is 6.65. The van der Waals surface area contributed by atoms with E-state index in [0.717, 1.165) is 0 Å². The van der Waals surface area contributed by atoms with Crippen LogP contribution in [0, 0.1) is 0 Å². The number of ether oxygens (including phenoxy) is 1. The first-order valence-electron chi connectivity index (χ1n) is 8.06. The Bertz CT molecular complexity index is 855. The van der Waals surface area contributed by atoms with E-state index >= 15 is 0 Å². The van der Waals surface area contributed by atoms with Crippen molar-refractivity contribution in [3.63, 3.8) is 0 Å². The molecule has 0 unspecified atom stereocenters. The van der Waals surface area contributed by atoms with Crippen molar-refractivity contribution < 1.29 is 22.4 Å². The van der Waals surface area contributed by atoms with Gasteiger partial charge < -0.3 is 14.1 Å². The molecule has 0 aliphatic carbocycles. The van der Waals surface area contributed by atoms with Crippen molar-refractivity contribution in [3.8, 4) is 0 Å². The van der Waals surface area contributed by atoms with Gasteiger partial charge in [0.05, 0.1) is 29.1 Å². The fraction of sp³-hybridized carbons (Fsp3) is 0.389. The predicted molar refractivity (Wildman–Crippen MR) is 92.0 cm³/mol. The van der Waals surface area contributed by atoms with Crippen molar-refractivity contribution in [2.75, 3.05) is 19.7 Å². The number of carbonyl (C=O) groups is 1. The summed E-state index contributed by atoms with van der Waals surface area (Å²) in [6, 6.07) is 9.72. The third-order valence-electron chi connectivity index (χ3n) is 4.10. The number of amides is 1. The fourth-order valence-corrected chi connectivity index (χ4v) is 4.26. The molecule has 1 aromatic carbocycles. The number of carbonyl (C=O) groups excluding carboxylic acids is 1. The molecule has 1 aliphatic rings. The van der Waals surface area contributed by atoms with Gasteiger partial charge in [0, 0.05) is 18.7 Å². The lowest BCUT2D eigenvalue weighted by Crippen LogP contribution is -2.50. The molecule has 0 radical (unpaired) electrons. The first kappa shape index (κ1) is 17.7. The van der Waals surface area contributed by atoms with Crippen LogP contribution in [0.1, 0.15) is 30.0 Å². The van der Waals surface area contributed by atoms with Gasteiger partial charge in [0.15, 0.2) is 15.6 Å². The van der Waals surface area contributed by atoms with Gasteiger partial charge in [-0.25, -0.2) is 8.42 Å². The average Bonchev–Trinajstić information content (AvgIpc) is 3.01. The summed E-state index contributed by atoms with van der Waals surface area (Å²) in [5.74, 6) is -0.501. The van der Waals surface area contributed by atoms with Crippen LogP contribution in [0.15, 0.2) is 52.0 Å². The number of morpholine rings is 1. The molecular formula is C18H21NO5S. The van der Waals surface area contributed by atoms with Crippen molar-refractivity contribution in [1.82, 2.24) is 4.90 Å². The van der Waals surface area contributed by atoms with Crippen LogP contribution in [-0.4, -0.2) is 44.5 Å². The first-order valence-corrected chi connectivity index (χ1v) is 9.71. The topological polar surface area (TPSA) is 76.8 Å². The number of rotatable bonds is 4. The van der Waals surface area contributed by atoms with Crippen LogP contribution in [0.2, 0.25) is 0 Å². The zero-order chi connectivity index (χ0) is 18.1. The van der Waals surface area contributed by atoms with Gasteiger partial charge in [0.25, 0.3) is 5.91 Å². The van der Waals surface area contributed by atoms with E-state index in [2.05, 4.69) is 0 Å². The third-order valence-corrected chi connectivity index (χ3v) is 5.78. The Hall–Kier alpha value is -2.12. The standard InChI is InChI=1S/C18H21NO5S/c1-18(2)13-19(9-11-24-18)17(20)16-14(8-10-23-16)12-25(21,22)15-6-4-3-5-7-15/h3-8,10H,9,11-13H2,1-2H3. The predicted octanol–water partition coefficient (Wildman–Crippen LogP) is 2.50. The van der Waals surface area contributed by atoms with Crippen LogP contribution in [0.4, 0.5) is 0 Å². The van der Waals surface area contributed by atoms with E-state index in [4.69, 9.17) is 9.15 Å². The molecule has 0 N–H and O–H groups in total. The van der Waals surface area contributed by atoms with Crippen molar-refractivity contribution in [2.24, 2.45) is 0 Å². The monoisotopic (exact) mass is 363 g/mol. The molecule has 1 saturated heterocycles. The van der Waals surface area contributed by atoms with Crippen LogP contribution >= 0.6 is 0 Å². The van der Waals surface area contributed by atoms with Gasteiger partial charge in [0.1, 0.15) is 0 Å². The van der Waals surface area contributed by atoms with E-state index in [9.17, 15) is 13.2 Å².